The highest BCUT2D eigenvalue weighted by Crippen LogP contribution is 2.45. The van der Waals surface area contributed by atoms with Gasteiger partial charge >= 0.3 is 39.5 Å². The number of phosphoric acid groups is 2. The highest BCUT2D eigenvalue weighted by atomic mass is 31.2. The zero-order chi connectivity index (χ0) is 62.9. The van der Waals surface area contributed by atoms with Gasteiger partial charge in [-0.2, -0.15) is 0 Å². The van der Waals surface area contributed by atoms with Crippen molar-refractivity contribution in [1.82, 2.24) is 0 Å². The van der Waals surface area contributed by atoms with Crippen LogP contribution in [-0.4, -0.2) is 96.7 Å². The lowest BCUT2D eigenvalue weighted by molar-refractivity contribution is -0.161. The maximum Gasteiger partial charge on any atom is 0.472 e. The van der Waals surface area contributed by atoms with Crippen molar-refractivity contribution in [2.24, 2.45) is 11.8 Å². The molecule has 0 spiro atoms. The van der Waals surface area contributed by atoms with Crippen LogP contribution in [0, 0.1) is 11.8 Å². The predicted molar refractivity (Wildman–Crippen MR) is 340 cm³/mol. The number of aliphatic hydroxyl groups excluding tert-OH is 1. The summed E-state index contributed by atoms with van der Waals surface area (Å²) in [4.78, 5) is 71.9. The molecule has 0 aliphatic rings. The van der Waals surface area contributed by atoms with E-state index in [1.807, 2.05) is 0 Å². The number of rotatable bonds is 65. The molecular formula is C66H128O17P2. The quantitative estimate of drug-likeness (QED) is 0.0222. The number of phosphoric ester groups is 2. The van der Waals surface area contributed by atoms with Gasteiger partial charge < -0.3 is 33.8 Å². The topological polar surface area (TPSA) is 237 Å². The number of carbonyl (C=O) groups excluding carboxylic acids is 4. The van der Waals surface area contributed by atoms with Crippen LogP contribution in [0.5, 0.6) is 0 Å². The average Bonchev–Trinajstić information content (AvgIpc) is 3.56. The third-order valence-corrected chi connectivity index (χ3v) is 17.8. The van der Waals surface area contributed by atoms with Crippen LogP contribution < -0.4 is 0 Å². The summed E-state index contributed by atoms with van der Waals surface area (Å²) in [6.45, 7) is 9.42. The first-order valence-electron chi connectivity index (χ1n) is 34.6. The van der Waals surface area contributed by atoms with Crippen molar-refractivity contribution in [2.45, 2.75) is 349 Å². The average molecular weight is 1260 g/mol. The van der Waals surface area contributed by atoms with E-state index in [1.165, 1.54) is 128 Å². The molecule has 0 saturated carbocycles. The van der Waals surface area contributed by atoms with E-state index < -0.39 is 97.5 Å². The van der Waals surface area contributed by atoms with Crippen LogP contribution in [0.25, 0.3) is 0 Å². The maximum absolute atomic E-state index is 13.0. The first-order valence-corrected chi connectivity index (χ1v) is 37.6. The van der Waals surface area contributed by atoms with Gasteiger partial charge in [0.2, 0.25) is 0 Å². The van der Waals surface area contributed by atoms with Crippen molar-refractivity contribution in [3.63, 3.8) is 0 Å². The van der Waals surface area contributed by atoms with Gasteiger partial charge in [-0.1, -0.05) is 279 Å². The van der Waals surface area contributed by atoms with Gasteiger partial charge in [-0.15, -0.1) is 0 Å². The van der Waals surface area contributed by atoms with Crippen LogP contribution in [0.15, 0.2) is 0 Å². The molecule has 0 saturated heterocycles. The third kappa shape index (κ3) is 58.2. The Morgan fingerprint density at radius 3 is 0.835 bits per heavy atom. The maximum atomic E-state index is 13.0. The fourth-order valence-corrected chi connectivity index (χ4v) is 11.4. The van der Waals surface area contributed by atoms with Crippen LogP contribution in [0.3, 0.4) is 0 Å². The van der Waals surface area contributed by atoms with Crippen molar-refractivity contribution >= 4 is 39.5 Å². The Kier molecular flexibility index (Phi) is 57.1. The van der Waals surface area contributed by atoms with Crippen LogP contribution in [0.4, 0.5) is 0 Å². The highest BCUT2D eigenvalue weighted by Gasteiger charge is 2.30. The molecule has 17 nitrogen and oxygen atoms in total. The smallest absolute Gasteiger partial charge is 0.462 e. The van der Waals surface area contributed by atoms with Crippen molar-refractivity contribution < 1.29 is 80.2 Å². The van der Waals surface area contributed by atoms with Crippen LogP contribution in [0.2, 0.25) is 0 Å². The zero-order valence-electron chi connectivity index (χ0n) is 54.9. The first-order chi connectivity index (χ1) is 40.9. The van der Waals surface area contributed by atoms with Crippen molar-refractivity contribution in [3.05, 3.63) is 0 Å². The second kappa shape index (κ2) is 58.4. The number of ether oxygens (including phenoxy) is 4. The predicted octanol–water partition coefficient (Wildman–Crippen LogP) is 18.4. The lowest BCUT2D eigenvalue weighted by atomic mass is 9.99. The van der Waals surface area contributed by atoms with Gasteiger partial charge in [0.15, 0.2) is 12.2 Å². The molecule has 7 atom stereocenters. The summed E-state index contributed by atoms with van der Waals surface area (Å²) in [5.74, 6) is -0.545. The molecule has 3 N–H and O–H groups in total. The molecule has 0 aromatic heterocycles. The number of unbranched alkanes of at least 4 members (excludes halogenated alkanes) is 33. The Hall–Kier alpha value is -1.94. The lowest BCUT2D eigenvalue weighted by Gasteiger charge is -2.21. The fourth-order valence-electron chi connectivity index (χ4n) is 9.82. The normalized spacial score (nSPS) is 14.9. The molecule has 0 aliphatic carbocycles. The summed E-state index contributed by atoms with van der Waals surface area (Å²) in [5.41, 5.74) is 0. The molecular weight excluding hydrogens is 1130 g/mol. The summed E-state index contributed by atoms with van der Waals surface area (Å²) in [6.07, 6.45) is 42.3. The van der Waals surface area contributed by atoms with Crippen LogP contribution >= 0.6 is 15.6 Å². The van der Waals surface area contributed by atoms with E-state index in [0.717, 1.165) is 121 Å². The second-order valence-corrected chi connectivity index (χ2v) is 27.2. The Labute approximate surface area is 517 Å². The van der Waals surface area contributed by atoms with E-state index in [0.29, 0.717) is 25.7 Å². The van der Waals surface area contributed by atoms with Gasteiger partial charge in [-0.25, -0.2) is 9.13 Å². The molecule has 0 bridgehead atoms. The second-order valence-electron chi connectivity index (χ2n) is 24.3. The standard InChI is InChI=1S/C66H128O17P2/c1-7-11-13-15-16-30-38-44-50-65(70)82-61(54-76-63(68)48-42-34-14-12-8-2)56-80-84(72,73)78-52-60(67)53-79-85(74,75)81-57-62(55-77-64(69)49-43-37-33-32-36-41-47-59(6)10-4)83-66(71)51-45-39-31-28-26-24-22-20-18-17-19-21-23-25-27-29-35-40-46-58(5)9-3/h58-62,67H,7-57H2,1-6H3,(H,72,73)(H,74,75)/t58?,59?,60-,61+,62+/m0/s1. The molecule has 85 heavy (non-hydrogen) atoms. The van der Waals surface area contributed by atoms with Crippen LogP contribution in [0.1, 0.15) is 330 Å². The molecule has 0 rings (SSSR count). The minimum absolute atomic E-state index is 0.104. The zero-order valence-corrected chi connectivity index (χ0v) is 56.7. The molecule has 0 aromatic rings. The van der Waals surface area contributed by atoms with Crippen LogP contribution in [-0.2, 0) is 65.4 Å². The minimum Gasteiger partial charge on any atom is -0.462 e. The summed E-state index contributed by atoms with van der Waals surface area (Å²) in [7, 11) is -9.88. The van der Waals surface area contributed by atoms with E-state index in [4.69, 9.17) is 37.0 Å². The molecule has 504 valence electrons. The van der Waals surface area contributed by atoms with E-state index in [2.05, 4.69) is 41.5 Å². The first kappa shape index (κ1) is 83.1. The SMILES string of the molecule is CCCCCCCCCCC(=O)O[C@H](COC(=O)CCCCCCC)COP(=O)(O)OC[C@H](O)COP(=O)(O)OC[C@@H](COC(=O)CCCCCCCCC(C)CC)OC(=O)CCCCCCCCCCCCCCCCCCCCC(C)CC. The summed E-state index contributed by atoms with van der Waals surface area (Å²) < 4.78 is 67.7. The van der Waals surface area contributed by atoms with E-state index in [-0.39, 0.29) is 25.7 Å². The molecule has 0 aromatic carbocycles. The van der Waals surface area contributed by atoms with Gasteiger partial charge in [-0.05, 0) is 37.5 Å². The van der Waals surface area contributed by atoms with Gasteiger partial charge in [0.05, 0.1) is 26.4 Å². The number of carbonyl (C=O) groups is 4. The molecule has 0 fully saturated rings. The summed E-state index contributed by atoms with van der Waals surface area (Å²) in [6, 6.07) is 0. The minimum atomic E-state index is -4.94. The third-order valence-electron chi connectivity index (χ3n) is 15.9. The molecule has 19 heteroatoms. The number of esters is 4. The van der Waals surface area contributed by atoms with Crippen molar-refractivity contribution in [2.75, 3.05) is 39.6 Å². The van der Waals surface area contributed by atoms with Crippen molar-refractivity contribution in [1.29, 1.82) is 0 Å². The van der Waals surface area contributed by atoms with E-state index >= 15 is 0 Å². The Morgan fingerprint density at radius 1 is 0.329 bits per heavy atom. The van der Waals surface area contributed by atoms with Gasteiger partial charge in [-0.3, -0.25) is 37.3 Å². The summed E-state index contributed by atoms with van der Waals surface area (Å²) in [5, 5.41) is 10.5. The fraction of sp³-hybridized carbons (Fsp3) is 0.939. The summed E-state index contributed by atoms with van der Waals surface area (Å²) >= 11 is 0. The highest BCUT2D eigenvalue weighted by molar-refractivity contribution is 7.47. The number of hydrogen-bond acceptors (Lipinski definition) is 15. The monoisotopic (exact) mass is 1250 g/mol. The lowest BCUT2D eigenvalue weighted by Crippen LogP contribution is -2.30. The molecule has 0 amide bonds. The van der Waals surface area contributed by atoms with E-state index in [9.17, 15) is 43.2 Å². The largest absolute Gasteiger partial charge is 0.472 e. The Morgan fingerprint density at radius 2 is 0.565 bits per heavy atom. The molecule has 0 aliphatic heterocycles. The Bertz CT molecular complexity index is 1670. The number of hydrogen-bond donors (Lipinski definition) is 3. The molecule has 4 unspecified atom stereocenters. The van der Waals surface area contributed by atoms with E-state index in [1.54, 1.807) is 0 Å². The molecule has 0 radical (unpaired) electrons. The van der Waals surface area contributed by atoms with Crippen molar-refractivity contribution in [3.8, 4) is 0 Å². The number of aliphatic hydroxyl groups is 1. The molecule has 0 heterocycles. The van der Waals surface area contributed by atoms with Gasteiger partial charge in [0.25, 0.3) is 0 Å². The van der Waals surface area contributed by atoms with Gasteiger partial charge in [0.1, 0.15) is 19.3 Å². The Balaban J connectivity index is 5.05. The van der Waals surface area contributed by atoms with Gasteiger partial charge in [0, 0.05) is 25.7 Å².